The maximum Gasteiger partial charge on any atom is 0.321 e. The van der Waals surface area contributed by atoms with Crippen molar-refractivity contribution in [3.63, 3.8) is 0 Å². The Hall–Kier alpha value is -3.28. The van der Waals surface area contributed by atoms with Gasteiger partial charge in [0.2, 0.25) is 0 Å². The summed E-state index contributed by atoms with van der Waals surface area (Å²) in [5.41, 5.74) is 5.29. The lowest BCUT2D eigenvalue weighted by atomic mass is 10.1. The zero-order valence-electron chi connectivity index (χ0n) is 14.7. The van der Waals surface area contributed by atoms with E-state index in [0.717, 1.165) is 27.7 Å². The van der Waals surface area contributed by atoms with Crippen molar-refractivity contribution in [2.45, 2.75) is 13.8 Å². The molecule has 0 spiro atoms. The summed E-state index contributed by atoms with van der Waals surface area (Å²) in [6.07, 6.45) is 0. The van der Waals surface area contributed by atoms with Crippen molar-refractivity contribution in [2.24, 2.45) is 0 Å². The molecular weight excluding hydrogens is 328 g/mol. The van der Waals surface area contributed by atoms with E-state index >= 15 is 0 Å². The average Bonchev–Trinajstić information content (AvgIpc) is 3.22. The number of nitrogens with zero attached hydrogens (tertiary/aromatic N) is 1. The monoisotopic (exact) mass is 348 g/mol. The van der Waals surface area contributed by atoms with E-state index in [1.165, 1.54) is 0 Å². The Kier molecular flexibility index (Phi) is 3.88. The number of nitrogens with one attached hydrogen (secondary N) is 3. The van der Waals surface area contributed by atoms with Crippen LogP contribution in [0, 0.1) is 13.8 Å². The summed E-state index contributed by atoms with van der Waals surface area (Å²) in [7, 11) is 0. The number of aromatic nitrogens is 1. The molecule has 0 atom stereocenters. The Morgan fingerprint density at radius 3 is 2.58 bits per heavy atom. The molecule has 6 heteroatoms. The SMILES string of the molecule is Cc1cc(C)c2cc(C(=O)Nc3ccc(N4CCNC4=O)cc3)[nH]c2c1. The van der Waals surface area contributed by atoms with Crippen LogP contribution in [0.4, 0.5) is 16.2 Å². The molecule has 1 saturated heterocycles. The molecule has 6 nitrogen and oxygen atoms in total. The van der Waals surface area contributed by atoms with E-state index in [9.17, 15) is 9.59 Å². The van der Waals surface area contributed by atoms with Crippen LogP contribution >= 0.6 is 0 Å². The van der Waals surface area contributed by atoms with Crippen molar-refractivity contribution >= 4 is 34.2 Å². The number of fused-ring (bicyclic) bond motifs is 1. The highest BCUT2D eigenvalue weighted by Gasteiger charge is 2.21. The zero-order chi connectivity index (χ0) is 18.3. The van der Waals surface area contributed by atoms with Crippen LogP contribution in [-0.2, 0) is 0 Å². The molecule has 26 heavy (non-hydrogen) atoms. The van der Waals surface area contributed by atoms with E-state index in [-0.39, 0.29) is 11.9 Å². The minimum absolute atomic E-state index is 0.0921. The first kappa shape index (κ1) is 16.2. The molecule has 2 aromatic carbocycles. The van der Waals surface area contributed by atoms with Crippen molar-refractivity contribution in [2.75, 3.05) is 23.3 Å². The lowest BCUT2D eigenvalue weighted by Gasteiger charge is -2.14. The van der Waals surface area contributed by atoms with E-state index in [1.807, 2.05) is 38.1 Å². The number of aromatic amines is 1. The number of aryl methyl sites for hydroxylation is 2. The lowest BCUT2D eigenvalue weighted by Crippen LogP contribution is -2.27. The van der Waals surface area contributed by atoms with Crippen molar-refractivity contribution in [3.05, 3.63) is 59.3 Å². The molecule has 1 aliphatic heterocycles. The summed E-state index contributed by atoms with van der Waals surface area (Å²) in [4.78, 5) is 29.1. The third-order valence-electron chi connectivity index (χ3n) is 4.63. The number of H-pyrrole nitrogens is 1. The fourth-order valence-corrected chi connectivity index (χ4v) is 3.36. The summed E-state index contributed by atoms with van der Waals surface area (Å²) in [6.45, 7) is 5.38. The van der Waals surface area contributed by atoms with Crippen LogP contribution in [0.2, 0.25) is 0 Å². The number of hydrogen-bond donors (Lipinski definition) is 3. The van der Waals surface area contributed by atoms with Crippen LogP contribution in [0.25, 0.3) is 10.9 Å². The molecule has 4 rings (SSSR count). The Morgan fingerprint density at radius 1 is 1.12 bits per heavy atom. The Balaban J connectivity index is 1.53. The molecule has 2 heterocycles. The van der Waals surface area contributed by atoms with E-state index in [2.05, 4.69) is 21.7 Å². The molecule has 0 radical (unpaired) electrons. The first-order valence-corrected chi connectivity index (χ1v) is 8.58. The van der Waals surface area contributed by atoms with Crippen molar-refractivity contribution in [3.8, 4) is 0 Å². The van der Waals surface area contributed by atoms with Gasteiger partial charge in [0.15, 0.2) is 0 Å². The zero-order valence-corrected chi connectivity index (χ0v) is 14.7. The fourth-order valence-electron chi connectivity index (χ4n) is 3.36. The van der Waals surface area contributed by atoms with Gasteiger partial charge in [-0.1, -0.05) is 6.07 Å². The van der Waals surface area contributed by atoms with Crippen LogP contribution in [0.5, 0.6) is 0 Å². The van der Waals surface area contributed by atoms with Crippen LogP contribution in [-0.4, -0.2) is 30.0 Å². The van der Waals surface area contributed by atoms with Gasteiger partial charge < -0.3 is 15.6 Å². The standard InChI is InChI=1S/C20H20N4O2/c1-12-9-13(2)16-11-18(23-17(16)10-12)19(25)22-14-3-5-15(6-4-14)24-8-7-21-20(24)26/h3-6,9-11,23H,7-8H2,1-2H3,(H,21,26)(H,22,25). The van der Waals surface area contributed by atoms with Crippen LogP contribution in [0.3, 0.4) is 0 Å². The summed E-state index contributed by atoms with van der Waals surface area (Å²) >= 11 is 0. The van der Waals surface area contributed by atoms with E-state index in [1.54, 1.807) is 17.0 Å². The summed E-state index contributed by atoms with van der Waals surface area (Å²) in [5, 5.41) is 6.72. The van der Waals surface area contributed by atoms with E-state index in [0.29, 0.717) is 24.5 Å². The van der Waals surface area contributed by atoms with E-state index < -0.39 is 0 Å². The second kappa shape index (κ2) is 6.22. The fraction of sp³-hybridized carbons (Fsp3) is 0.200. The van der Waals surface area contributed by atoms with Gasteiger partial charge in [-0.15, -0.1) is 0 Å². The average molecular weight is 348 g/mol. The van der Waals surface area contributed by atoms with Crippen molar-refractivity contribution in [1.82, 2.24) is 10.3 Å². The molecular formula is C20H20N4O2. The summed E-state index contributed by atoms with van der Waals surface area (Å²) < 4.78 is 0. The topological polar surface area (TPSA) is 77.2 Å². The van der Waals surface area contributed by atoms with Gasteiger partial charge in [0.05, 0.1) is 0 Å². The highest BCUT2D eigenvalue weighted by atomic mass is 16.2. The minimum Gasteiger partial charge on any atom is -0.351 e. The lowest BCUT2D eigenvalue weighted by molar-refractivity contribution is 0.102. The predicted molar refractivity (Wildman–Crippen MR) is 103 cm³/mol. The molecule has 0 saturated carbocycles. The number of benzene rings is 2. The molecule has 1 fully saturated rings. The smallest absolute Gasteiger partial charge is 0.321 e. The normalized spacial score (nSPS) is 13.9. The molecule has 1 aromatic heterocycles. The number of amides is 3. The Morgan fingerprint density at radius 2 is 1.88 bits per heavy atom. The third-order valence-corrected chi connectivity index (χ3v) is 4.63. The number of carbonyl (C=O) groups excluding carboxylic acids is 2. The first-order valence-electron chi connectivity index (χ1n) is 8.58. The van der Waals surface area contributed by atoms with Crippen molar-refractivity contribution in [1.29, 1.82) is 0 Å². The Labute approximate surface area is 151 Å². The molecule has 0 unspecified atom stereocenters. The van der Waals surface area contributed by atoms with Crippen LogP contribution in [0.15, 0.2) is 42.5 Å². The highest BCUT2D eigenvalue weighted by molar-refractivity contribution is 6.06. The van der Waals surface area contributed by atoms with Gasteiger partial charge in [0, 0.05) is 35.4 Å². The predicted octanol–water partition coefficient (Wildman–Crippen LogP) is 3.57. The Bertz CT molecular complexity index is 1000. The van der Waals surface area contributed by atoms with Gasteiger partial charge in [-0.2, -0.15) is 0 Å². The summed E-state index contributed by atoms with van der Waals surface area (Å²) in [5.74, 6) is -0.190. The van der Waals surface area contributed by atoms with Crippen LogP contribution in [0.1, 0.15) is 21.6 Å². The first-order chi connectivity index (χ1) is 12.5. The maximum absolute atomic E-state index is 12.6. The van der Waals surface area contributed by atoms with Crippen LogP contribution < -0.4 is 15.5 Å². The van der Waals surface area contributed by atoms with Gasteiger partial charge in [-0.05, 0) is 61.4 Å². The molecule has 0 bridgehead atoms. The van der Waals surface area contributed by atoms with Gasteiger partial charge in [0.25, 0.3) is 5.91 Å². The van der Waals surface area contributed by atoms with Gasteiger partial charge in [-0.25, -0.2) is 4.79 Å². The number of anilines is 2. The second-order valence-corrected chi connectivity index (χ2v) is 6.61. The number of carbonyl (C=O) groups is 2. The van der Waals surface area contributed by atoms with Crippen molar-refractivity contribution < 1.29 is 9.59 Å². The van der Waals surface area contributed by atoms with E-state index in [4.69, 9.17) is 0 Å². The molecule has 1 aliphatic rings. The minimum atomic E-state index is -0.190. The molecule has 0 aliphatic carbocycles. The largest absolute Gasteiger partial charge is 0.351 e. The van der Waals surface area contributed by atoms with Gasteiger partial charge in [-0.3, -0.25) is 9.69 Å². The molecule has 3 N–H and O–H groups in total. The number of urea groups is 1. The molecule has 3 amide bonds. The summed E-state index contributed by atoms with van der Waals surface area (Å²) in [6, 6.07) is 13.2. The highest BCUT2D eigenvalue weighted by Crippen LogP contribution is 2.23. The van der Waals surface area contributed by atoms with Gasteiger partial charge in [0.1, 0.15) is 5.69 Å². The quantitative estimate of drug-likeness (QED) is 0.677. The second-order valence-electron chi connectivity index (χ2n) is 6.61. The van der Waals surface area contributed by atoms with Gasteiger partial charge >= 0.3 is 6.03 Å². The number of rotatable bonds is 3. The molecule has 132 valence electrons. The third kappa shape index (κ3) is 2.90. The number of hydrogen-bond acceptors (Lipinski definition) is 2. The molecule has 3 aromatic rings. The maximum atomic E-state index is 12.6.